The number of ether oxygens (including phenoxy) is 1. The van der Waals surface area contributed by atoms with Gasteiger partial charge in [0, 0.05) is 25.8 Å². The Morgan fingerprint density at radius 3 is 2.45 bits per heavy atom. The summed E-state index contributed by atoms with van der Waals surface area (Å²) in [5, 5.41) is 0. The second-order valence-electron chi connectivity index (χ2n) is 5.08. The van der Waals surface area contributed by atoms with Crippen molar-refractivity contribution in [3.8, 4) is 0 Å². The van der Waals surface area contributed by atoms with Crippen molar-refractivity contribution in [2.24, 2.45) is 0 Å². The monoisotopic (exact) mass is 301 g/mol. The Morgan fingerprint density at radius 2 is 1.86 bits per heavy atom. The van der Waals surface area contributed by atoms with Crippen LogP contribution in [-0.4, -0.2) is 24.5 Å². The molecule has 0 spiro atoms. The van der Waals surface area contributed by atoms with Gasteiger partial charge in [0.05, 0.1) is 6.61 Å². The molecule has 0 bridgehead atoms. The highest BCUT2D eigenvalue weighted by Crippen LogP contribution is 2.12. The van der Waals surface area contributed by atoms with E-state index in [1.165, 1.54) is 12.1 Å². The minimum atomic E-state index is -0.287. The molecule has 0 saturated heterocycles. The van der Waals surface area contributed by atoms with E-state index in [0.717, 1.165) is 11.1 Å². The predicted molar refractivity (Wildman–Crippen MR) is 84.0 cm³/mol. The first kappa shape index (κ1) is 16.2. The van der Waals surface area contributed by atoms with E-state index in [2.05, 4.69) is 0 Å². The van der Waals surface area contributed by atoms with Crippen molar-refractivity contribution in [3.63, 3.8) is 0 Å². The van der Waals surface area contributed by atoms with E-state index < -0.39 is 0 Å². The van der Waals surface area contributed by atoms with Gasteiger partial charge in [-0.3, -0.25) is 4.79 Å². The molecular weight excluding hydrogens is 281 g/mol. The molecule has 0 aliphatic heterocycles. The van der Waals surface area contributed by atoms with E-state index in [-0.39, 0.29) is 11.7 Å². The van der Waals surface area contributed by atoms with E-state index in [4.69, 9.17) is 4.74 Å². The van der Waals surface area contributed by atoms with Crippen molar-refractivity contribution in [3.05, 3.63) is 71.0 Å². The molecule has 0 N–H and O–H groups in total. The highest BCUT2D eigenvalue weighted by Gasteiger charge is 2.14. The van der Waals surface area contributed by atoms with Crippen LogP contribution < -0.4 is 0 Å². The zero-order valence-electron chi connectivity index (χ0n) is 12.9. The molecule has 0 unspecified atom stereocenters. The van der Waals surface area contributed by atoms with E-state index in [9.17, 15) is 9.18 Å². The summed E-state index contributed by atoms with van der Waals surface area (Å²) in [5.74, 6) is -0.347. The fourth-order valence-electron chi connectivity index (χ4n) is 2.28. The lowest BCUT2D eigenvalue weighted by atomic mass is 10.1. The van der Waals surface area contributed by atoms with Crippen LogP contribution in [0.3, 0.4) is 0 Å². The number of hydrogen-bond acceptors (Lipinski definition) is 2. The number of halogens is 1. The molecule has 2 aromatic carbocycles. The fraction of sp³-hybridized carbons (Fsp3) is 0.278. The van der Waals surface area contributed by atoms with E-state index in [1.807, 2.05) is 25.1 Å². The Bertz CT molecular complexity index is 625. The van der Waals surface area contributed by atoms with Crippen LogP contribution in [0.15, 0.2) is 48.5 Å². The third kappa shape index (κ3) is 4.15. The molecule has 22 heavy (non-hydrogen) atoms. The van der Waals surface area contributed by atoms with Gasteiger partial charge in [-0.25, -0.2) is 4.39 Å². The summed E-state index contributed by atoms with van der Waals surface area (Å²) in [7, 11) is 1.64. The predicted octanol–water partition coefficient (Wildman–Crippen LogP) is 3.63. The summed E-state index contributed by atoms with van der Waals surface area (Å²) in [6, 6.07) is 13.7. The molecule has 0 saturated carbocycles. The molecule has 0 aromatic heterocycles. The van der Waals surface area contributed by atoms with E-state index in [1.54, 1.807) is 30.2 Å². The summed E-state index contributed by atoms with van der Waals surface area (Å²) < 4.78 is 18.3. The highest BCUT2D eigenvalue weighted by molar-refractivity contribution is 5.94. The molecule has 0 heterocycles. The van der Waals surface area contributed by atoms with Crippen molar-refractivity contribution in [2.45, 2.75) is 20.1 Å². The van der Waals surface area contributed by atoms with Gasteiger partial charge in [-0.05, 0) is 42.3 Å². The molecule has 0 aliphatic rings. The maximum atomic E-state index is 13.2. The first-order valence-corrected chi connectivity index (χ1v) is 7.25. The Kier molecular flexibility index (Phi) is 5.67. The van der Waals surface area contributed by atoms with Gasteiger partial charge in [0.2, 0.25) is 0 Å². The van der Waals surface area contributed by atoms with Crippen molar-refractivity contribution in [2.75, 3.05) is 13.7 Å². The lowest BCUT2D eigenvalue weighted by molar-refractivity contribution is 0.0752. The number of rotatable bonds is 6. The molecule has 2 aromatic rings. The number of carbonyl (C=O) groups excluding carboxylic acids is 1. The van der Waals surface area contributed by atoms with Crippen molar-refractivity contribution in [1.29, 1.82) is 0 Å². The number of benzene rings is 2. The third-order valence-electron chi connectivity index (χ3n) is 3.44. The fourth-order valence-corrected chi connectivity index (χ4v) is 2.28. The number of amides is 1. The maximum Gasteiger partial charge on any atom is 0.254 e. The molecule has 3 nitrogen and oxygen atoms in total. The lowest BCUT2D eigenvalue weighted by Crippen LogP contribution is -2.30. The van der Waals surface area contributed by atoms with Gasteiger partial charge in [0.15, 0.2) is 0 Å². The van der Waals surface area contributed by atoms with Crippen molar-refractivity contribution >= 4 is 5.91 Å². The highest BCUT2D eigenvalue weighted by atomic mass is 19.1. The average molecular weight is 301 g/mol. The Hall–Kier alpha value is -2.20. The minimum Gasteiger partial charge on any atom is -0.380 e. The van der Waals surface area contributed by atoms with Crippen LogP contribution in [-0.2, 0) is 17.9 Å². The smallest absolute Gasteiger partial charge is 0.254 e. The first-order chi connectivity index (χ1) is 10.6. The zero-order valence-corrected chi connectivity index (χ0v) is 12.9. The molecular formula is C18H20FNO2. The lowest BCUT2D eigenvalue weighted by Gasteiger charge is -2.21. The van der Waals surface area contributed by atoms with Crippen LogP contribution in [0.25, 0.3) is 0 Å². The molecule has 116 valence electrons. The molecule has 0 radical (unpaired) electrons. The summed E-state index contributed by atoms with van der Waals surface area (Å²) in [5.41, 5.74) is 2.43. The molecule has 4 heteroatoms. The van der Waals surface area contributed by atoms with Gasteiger partial charge in [-0.15, -0.1) is 0 Å². The SMILES string of the molecule is CCN(Cc1cccc(F)c1)C(=O)c1ccc(COC)cc1. The van der Waals surface area contributed by atoms with Crippen molar-refractivity contribution in [1.82, 2.24) is 4.90 Å². The Labute approximate surface area is 130 Å². The van der Waals surface area contributed by atoms with Crippen LogP contribution in [0, 0.1) is 5.82 Å². The summed E-state index contributed by atoms with van der Waals surface area (Å²) in [6.07, 6.45) is 0. The standard InChI is InChI=1S/C18H20FNO2/c1-3-20(12-15-5-4-6-17(19)11-15)18(21)16-9-7-14(8-10-16)13-22-2/h4-11H,3,12-13H2,1-2H3. The molecule has 0 aliphatic carbocycles. The summed E-state index contributed by atoms with van der Waals surface area (Å²) in [6.45, 7) is 3.40. The van der Waals surface area contributed by atoms with Crippen LogP contribution in [0.1, 0.15) is 28.4 Å². The van der Waals surface area contributed by atoms with Crippen molar-refractivity contribution < 1.29 is 13.9 Å². The summed E-state index contributed by atoms with van der Waals surface area (Å²) >= 11 is 0. The molecule has 2 rings (SSSR count). The largest absolute Gasteiger partial charge is 0.380 e. The van der Waals surface area contributed by atoms with E-state index in [0.29, 0.717) is 25.3 Å². The minimum absolute atomic E-state index is 0.0595. The Balaban J connectivity index is 2.11. The maximum absolute atomic E-state index is 13.2. The van der Waals surface area contributed by atoms with Gasteiger partial charge in [0.25, 0.3) is 5.91 Å². The summed E-state index contributed by atoms with van der Waals surface area (Å²) in [4.78, 5) is 14.2. The second kappa shape index (κ2) is 7.71. The quantitative estimate of drug-likeness (QED) is 0.815. The van der Waals surface area contributed by atoms with Gasteiger partial charge < -0.3 is 9.64 Å². The van der Waals surface area contributed by atoms with Gasteiger partial charge in [0.1, 0.15) is 5.82 Å². The van der Waals surface area contributed by atoms with Gasteiger partial charge >= 0.3 is 0 Å². The van der Waals surface area contributed by atoms with Crippen LogP contribution in [0.2, 0.25) is 0 Å². The number of methoxy groups -OCH3 is 1. The van der Waals surface area contributed by atoms with Gasteiger partial charge in [-0.2, -0.15) is 0 Å². The molecule has 0 fully saturated rings. The third-order valence-corrected chi connectivity index (χ3v) is 3.44. The van der Waals surface area contributed by atoms with Crippen LogP contribution >= 0.6 is 0 Å². The van der Waals surface area contributed by atoms with Crippen LogP contribution in [0.5, 0.6) is 0 Å². The average Bonchev–Trinajstić information content (AvgIpc) is 2.53. The zero-order chi connectivity index (χ0) is 15.9. The van der Waals surface area contributed by atoms with Gasteiger partial charge in [-0.1, -0.05) is 24.3 Å². The normalized spacial score (nSPS) is 10.5. The second-order valence-corrected chi connectivity index (χ2v) is 5.08. The number of nitrogens with zero attached hydrogens (tertiary/aromatic N) is 1. The first-order valence-electron chi connectivity index (χ1n) is 7.25. The Morgan fingerprint density at radius 1 is 1.14 bits per heavy atom. The molecule has 0 atom stereocenters. The molecule has 1 amide bonds. The number of hydrogen-bond donors (Lipinski definition) is 0. The number of carbonyl (C=O) groups is 1. The van der Waals surface area contributed by atoms with E-state index >= 15 is 0 Å². The topological polar surface area (TPSA) is 29.5 Å². The van der Waals surface area contributed by atoms with Crippen LogP contribution in [0.4, 0.5) is 4.39 Å².